The number of nitrogens with zero attached hydrogens (tertiary/aromatic N) is 1. The number of aromatic nitrogens is 1. The second kappa shape index (κ2) is 4.94. The van der Waals surface area contributed by atoms with Gasteiger partial charge in [0.05, 0.1) is 5.69 Å². The van der Waals surface area contributed by atoms with Crippen LogP contribution >= 0.6 is 11.3 Å². The summed E-state index contributed by atoms with van der Waals surface area (Å²) >= 11 is 1.75. The van der Waals surface area contributed by atoms with Crippen LogP contribution in [0.2, 0.25) is 0 Å². The van der Waals surface area contributed by atoms with Gasteiger partial charge in [-0.1, -0.05) is 0 Å². The topological polar surface area (TPSA) is 37.0 Å². The lowest BCUT2D eigenvalue weighted by Gasteiger charge is -2.09. The van der Waals surface area contributed by atoms with Crippen LogP contribution in [0.4, 0.5) is 5.13 Å². The molecular weight excluding hydrogens is 206 g/mol. The zero-order valence-electron chi connectivity index (χ0n) is 9.47. The van der Waals surface area contributed by atoms with Gasteiger partial charge in [-0.25, -0.2) is 4.98 Å². The minimum atomic E-state index is 0.722. The highest BCUT2D eigenvalue weighted by Gasteiger charge is 2.13. The molecule has 0 spiro atoms. The predicted octanol–water partition coefficient (Wildman–Crippen LogP) is 2.31. The van der Waals surface area contributed by atoms with Crippen molar-refractivity contribution in [2.75, 3.05) is 18.4 Å². The van der Waals surface area contributed by atoms with Crippen LogP contribution in [0.25, 0.3) is 0 Å². The van der Waals surface area contributed by atoms with Gasteiger partial charge in [0.15, 0.2) is 5.13 Å². The van der Waals surface area contributed by atoms with Crippen molar-refractivity contribution in [3.8, 4) is 0 Å². The summed E-state index contributed by atoms with van der Waals surface area (Å²) in [5.74, 6) is 0. The molecule has 15 heavy (non-hydrogen) atoms. The predicted molar refractivity (Wildman–Crippen MR) is 65.7 cm³/mol. The van der Waals surface area contributed by atoms with Gasteiger partial charge in [-0.15, -0.1) is 11.3 Å². The van der Waals surface area contributed by atoms with Crippen LogP contribution in [0.15, 0.2) is 0 Å². The molecule has 0 aliphatic carbocycles. The van der Waals surface area contributed by atoms with E-state index in [1.54, 1.807) is 11.3 Å². The molecule has 0 unspecified atom stereocenters. The quantitative estimate of drug-likeness (QED) is 0.825. The Hall–Kier alpha value is -0.610. The van der Waals surface area contributed by atoms with E-state index in [0.29, 0.717) is 0 Å². The van der Waals surface area contributed by atoms with Crippen LogP contribution < -0.4 is 10.6 Å². The van der Waals surface area contributed by atoms with Crippen LogP contribution in [-0.4, -0.2) is 24.1 Å². The summed E-state index contributed by atoms with van der Waals surface area (Å²) in [5.41, 5.74) is 1.15. The van der Waals surface area contributed by atoms with Crippen molar-refractivity contribution >= 4 is 16.5 Å². The summed E-state index contributed by atoms with van der Waals surface area (Å²) in [6.07, 6.45) is 3.87. The molecule has 3 nitrogen and oxygen atoms in total. The van der Waals surface area contributed by atoms with Crippen LogP contribution in [0.5, 0.6) is 0 Å². The van der Waals surface area contributed by atoms with Gasteiger partial charge in [0.2, 0.25) is 0 Å². The van der Waals surface area contributed by atoms with Crippen LogP contribution in [0.3, 0.4) is 0 Å². The molecule has 1 saturated heterocycles. The SMILES string of the molecule is Cc1nc(NCC[C@@H]2CCCN2)sc1C. The average Bonchev–Trinajstić information content (AvgIpc) is 2.79. The molecule has 0 radical (unpaired) electrons. The lowest BCUT2D eigenvalue weighted by Crippen LogP contribution is -2.24. The standard InChI is InChI=1S/C11H19N3S/c1-8-9(2)15-11(14-8)13-7-5-10-4-3-6-12-10/h10,12H,3-7H2,1-2H3,(H,13,14)/t10-/m0/s1. The molecule has 1 aromatic rings. The van der Waals surface area contributed by atoms with Crippen molar-refractivity contribution in [3.05, 3.63) is 10.6 Å². The number of rotatable bonds is 4. The first kappa shape index (κ1) is 10.9. The largest absolute Gasteiger partial charge is 0.361 e. The summed E-state index contributed by atoms with van der Waals surface area (Å²) in [5, 5.41) is 7.98. The third-order valence-corrected chi connectivity index (χ3v) is 3.99. The highest BCUT2D eigenvalue weighted by molar-refractivity contribution is 7.15. The molecule has 84 valence electrons. The molecule has 0 bridgehead atoms. The maximum absolute atomic E-state index is 4.46. The van der Waals surface area contributed by atoms with Crippen LogP contribution in [0, 0.1) is 13.8 Å². The Balaban J connectivity index is 1.73. The molecular formula is C11H19N3S. The van der Waals surface area contributed by atoms with Crippen molar-refractivity contribution in [2.24, 2.45) is 0 Å². The molecule has 4 heteroatoms. The fourth-order valence-electron chi connectivity index (χ4n) is 1.90. The van der Waals surface area contributed by atoms with Gasteiger partial charge >= 0.3 is 0 Å². The number of hydrogen-bond acceptors (Lipinski definition) is 4. The highest BCUT2D eigenvalue weighted by Crippen LogP contribution is 2.21. The second-order valence-corrected chi connectivity index (χ2v) is 5.37. The van der Waals surface area contributed by atoms with Crippen molar-refractivity contribution in [3.63, 3.8) is 0 Å². The van der Waals surface area contributed by atoms with Crippen molar-refractivity contribution < 1.29 is 0 Å². The van der Waals surface area contributed by atoms with E-state index in [-0.39, 0.29) is 0 Å². The lowest BCUT2D eigenvalue weighted by molar-refractivity contribution is 0.574. The number of aryl methyl sites for hydroxylation is 2. The van der Waals surface area contributed by atoms with Crippen molar-refractivity contribution in [1.82, 2.24) is 10.3 Å². The molecule has 1 aliphatic heterocycles. The first-order valence-corrected chi connectivity index (χ1v) is 6.48. The molecule has 2 heterocycles. The van der Waals surface area contributed by atoms with E-state index >= 15 is 0 Å². The van der Waals surface area contributed by atoms with Crippen LogP contribution in [0.1, 0.15) is 29.8 Å². The van der Waals surface area contributed by atoms with Crippen molar-refractivity contribution in [2.45, 2.75) is 39.2 Å². The van der Waals surface area contributed by atoms with E-state index in [2.05, 4.69) is 29.5 Å². The van der Waals surface area contributed by atoms with Crippen LogP contribution in [-0.2, 0) is 0 Å². The zero-order valence-corrected chi connectivity index (χ0v) is 10.3. The molecule has 0 aromatic carbocycles. The molecule has 2 N–H and O–H groups in total. The average molecular weight is 225 g/mol. The third kappa shape index (κ3) is 2.92. The lowest BCUT2D eigenvalue weighted by atomic mass is 10.2. The summed E-state index contributed by atoms with van der Waals surface area (Å²) in [6.45, 7) is 6.41. The normalized spacial score (nSPS) is 20.8. The van der Waals surface area contributed by atoms with Gasteiger partial charge in [-0.3, -0.25) is 0 Å². The molecule has 1 aromatic heterocycles. The number of thiazole rings is 1. The summed E-state index contributed by atoms with van der Waals surface area (Å²) < 4.78 is 0. The number of nitrogens with one attached hydrogen (secondary N) is 2. The summed E-state index contributed by atoms with van der Waals surface area (Å²) in [7, 11) is 0. The molecule has 0 amide bonds. The van der Waals surface area contributed by atoms with Gasteiger partial charge in [0.25, 0.3) is 0 Å². The summed E-state index contributed by atoms with van der Waals surface area (Å²) in [4.78, 5) is 5.78. The monoisotopic (exact) mass is 225 g/mol. The number of anilines is 1. The fourth-order valence-corrected chi connectivity index (χ4v) is 2.74. The fraction of sp³-hybridized carbons (Fsp3) is 0.727. The molecule has 1 aliphatic rings. The maximum atomic E-state index is 4.46. The van der Waals surface area contributed by atoms with Gasteiger partial charge in [-0.05, 0) is 39.7 Å². The Labute approximate surface area is 95.3 Å². The first-order chi connectivity index (χ1) is 7.25. The van der Waals surface area contributed by atoms with Gasteiger partial charge in [0, 0.05) is 17.5 Å². The van der Waals surface area contributed by atoms with E-state index in [4.69, 9.17) is 0 Å². The van der Waals surface area contributed by atoms with Gasteiger partial charge < -0.3 is 10.6 Å². The minimum absolute atomic E-state index is 0.722. The highest BCUT2D eigenvalue weighted by atomic mass is 32.1. The van der Waals surface area contributed by atoms with E-state index in [0.717, 1.165) is 23.4 Å². The second-order valence-electron chi connectivity index (χ2n) is 4.17. The third-order valence-electron chi connectivity index (χ3n) is 2.96. The Bertz CT molecular complexity index is 296. The molecule has 2 rings (SSSR count). The Morgan fingerprint density at radius 1 is 1.53 bits per heavy atom. The number of hydrogen-bond donors (Lipinski definition) is 2. The van der Waals surface area contributed by atoms with E-state index in [9.17, 15) is 0 Å². The molecule has 1 atom stereocenters. The Morgan fingerprint density at radius 2 is 2.40 bits per heavy atom. The molecule has 0 saturated carbocycles. The van der Waals surface area contributed by atoms with Crippen molar-refractivity contribution in [1.29, 1.82) is 0 Å². The van der Waals surface area contributed by atoms with E-state index in [1.807, 2.05) is 0 Å². The Morgan fingerprint density at radius 3 is 3.00 bits per heavy atom. The van der Waals surface area contributed by atoms with E-state index in [1.165, 1.54) is 30.7 Å². The smallest absolute Gasteiger partial charge is 0.183 e. The minimum Gasteiger partial charge on any atom is -0.361 e. The molecule has 1 fully saturated rings. The maximum Gasteiger partial charge on any atom is 0.183 e. The first-order valence-electron chi connectivity index (χ1n) is 5.67. The van der Waals surface area contributed by atoms with Gasteiger partial charge in [-0.2, -0.15) is 0 Å². The van der Waals surface area contributed by atoms with Gasteiger partial charge in [0.1, 0.15) is 0 Å². The van der Waals surface area contributed by atoms with E-state index < -0.39 is 0 Å². The Kier molecular flexibility index (Phi) is 3.59. The zero-order chi connectivity index (χ0) is 10.7. The summed E-state index contributed by atoms with van der Waals surface area (Å²) in [6, 6.07) is 0.722.